The molecule has 2 rings (SSSR count). The Kier molecular flexibility index (Phi) is 6.25. The summed E-state index contributed by atoms with van der Waals surface area (Å²) in [7, 11) is 0. The molecular weight excluding hydrogens is 338 g/mol. The summed E-state index contributed by atoms with van der Waals surface area (Å²) >= 11 is 1.24. The Morgan fingerprint density at radius 2 is 1.80 bits per heavy atom. The van der Waals surface area contributed by atoms with Crippen LogP contribution in [0.3, 0.4) is 0 Å². The summed E-state index contributed by atoms with van der Waals surface area (Å²) in [6.07, 6.45) is 1.45. The zero-order chi connectivity index (χ0) is 18.4. The standard InChI is InChI=1S/C19H19NO4S/c1-12(2)9-16(22)20-18-17(19(23)24-10-13(3)21)15(11-25-18)14-7-5-4-6-8-14/h4-9,11H,10H2,1-3H3,(H,20,22). The molecule has 0 aliphatic carbocycles. The summed E-state index contributed by atoms with van der Waals surface area (Å²) in [5, 5.41) is 4.91. The Labute approximate surface area is 150 Å². The first-order valence-corrected chi connectivity index (χ1v) is 8.55. The molecule has 0 bridgehead atoms. The summed E-state index contributed by atoms with van der Waals surface area (Å²) < 4.78 is 5.06. The van der Waals surface area contributed by atoms with Crippen LogP contribution in [0.1, 0.15) is 31.1 Å². The number of rotatable bonds is 6. The van der Waals surface area contributed by atoms with Crippen LogP contribution in [0.15, 0.2) is 47.4 Å². The molecule has 0 atom stereocenters. The third-order valence-electron chi connectivity index (χ3n) is 3.14. The monoisotopic (exact) mass is 357 g/mol. The van der Waals surface area contributed by atoms with Gasteiger partial charge in [-0.2, -0.15) is 0 Å². The van der Waals surface area contributed by atoms with Crippen molar-refractivity contribution in [2.45, 2.75) is 20.8 Å². The van der Waals surface area contributed by atoms with Crippen LogP contribution < -0.4 is 5.32 Å². The van der Waals surface area contributed by atoms with Gasteiger partial charge < -0.3 is 10.1 Å². The fraction of sp³-hybridized carbons (Fsp3) is 0.211. The molecule has 6 heteroatoms. The lowest BCUT2D eigenvalue weighted by molar-refractivity contribution is -0.120. The van der Waals surface area contributed by atoms with Crippen molar-refractivity contribution in [3.05, 3.63) is 52.9 Å². The molecular formula is C19H19NO4S. The van der Waals surface area contributed by atoms with Crippen LogP contribution in [0.4, 0.5) is 5.00 Å². The fourth-order valence-corrected chi connectivity index (χ4v) is 3.09. The van der Waals surface area contributed by atoms with Crippen molar-refractivity contribution in [3.63, 3.8) is 0 Å². The number of ketones is 1. The molecule has 25 heavy (non-hydrogen) atoms. The molecule has 1 amide bonds. The van der Waals surface area contributed by atoms with Crippen LogP contribution in [-0.4, -0.2) is 24.3 Å². The average Bonchev–Trinajstić information content (AvgIpc) is 2.96. The van der Waals surface area contributed by atoms with Gasteiger partial charge in [0, 0.05) is 17.0 Å². The maximum absolute atomic E-state index is 12.5. The number of allylic oxidation sites excluding steroid dienone is 1. The number of amides is 1. The largest absolute Gasteiger partial charge is 0.454 e. The Balaban J connectivity index is 2.41. The predicted molar refractivity (Wildman–Crippen MR) is 98.8 cm³/mol. The van der Waals surface area contributed by atoms with Gasteiger partial charge in [0.2, 0.25) is 5.91 Å². The molecule has 0 fully saturated rings. The van der Waals surface area contributed by atoms with E-state index in [2.05, 4.69) is 5.32 Å². The van der Waals surface area contributed by atoms with E-state index in [4.69, 9.17) is 4.74 Å². The molecule has 1 heterocycles. The molecule has 0 aliphatic heterocycles. The van der Waals surface area contributed by atoms with Crippen LogP contribution in [0.5, 0.6) is 0 Å². The average molecular weight is 357 g/mol. The summed E-state index contributed by atoms with van der Waals surface area (Å²) in [5.74, 6) is -1.20. The quantitative estimate of drug-likeness (QED) is 0.625. The van der Waals surface area contributed by atoms with Gasteiger partial charge >= 0.3 is 5.97 Å². The van der Waals surface area contributed by atoms with Crippen LogP contribution >= 0.6 is 11.3 Å². The van der Waals surface area contributed by atoms with Crippen molar-refractivity contribution >= 4 is 34.0 Å². The van der Waals surface area contributed by atoms with Gasteiger partial charge in [0.1, 0.15) is 17.2 Å². The summed E-state index contributed by atoms with van der Waals surface area (Å²) in [4.78, 5) is 35.6. The Morgan fingerprint density at radius 1 is 1.12 bits per heavy atom. The van der Waals surface area contributed by atoms with Crippen LogP contribution in [0.2, 0.25) is 0 Å². The minimum atomic E-state index is -0.636. The molecule has 1 N–H and O–H groups in total. The number of esters is 1. The molecule has 0 radical (unpaired) electrons. The van der Waals surface area contributed by atoms with Crippen LogP contribution in [0, 0.1) is 0 Å². The normalized spacial score (nSPS) is 10.0. The van der Waals surface area contributed by atoms with Crippen LogP contribution in [0.25, 0.3) is 11.1 Å². The summed E-state index contributed by atoms with van der Waals surface area (Å²) in [6, 6.07) is 9.33. The van der Waals surface area contributed by atoms with E-state index in [1.807, 2.05) is 44.2 Å². The highest BCUT2D eigenvalue weighted by atomic mass is 32.1. The van der Waals surface area contributed by atoms with Crippen LogP contribution in [-0.2, 0) is 14.3 Å². The molecule has 0 saturated heterocycles. The van der Waals surface area contributed by atoms with Crippen molar-refractivity contribution < 1.29 is 19.1 Å². The maximum Gasteiger partial charge on any atom is 0.342 e. The highest BCUT2D eigenvalue weighted by Crippen LogP contribution is 2.36. The topological polar surface area (TPSA) is 72.5 Å². The second kappa shape index (κ2) is 8.39. The zero-order valence-corrected chi connectivity index (χ0v) is 15.1. The first-order valence-electron chi connectivity index (χ1n) is 7.68. The predicted octanol–water partition coefficient (Wildman–Crippen LogP) is 4.07. The van der Waals surface area contributed by atoms with Gasteiger partial charge in [-0.3, -0.25) is 9.59 Å². The van der Waals surface area contributed by atoms with E-state index in [1.165, 1.54) is 24.3 Å². The smallest absolute Gasteiger partial charge is 0.342 e. The van der Waals surface area contributed by atoms with E-state index in [0.29, 0.717) is 10.6 Å². The third kappa shape index (κ3) is 5.12. The van der Waals surface area contributed by atoms with Gasteiger partial charge in [0.15, 0.2) is 5.78 Å². The second-order valence-corrected chi connectivity index (χ2v) is 6.59. The Hall–Kier alpha value is -2.73. The van der Waals surface area contributed by atoms with Gasteiger partial charge in [0.25, 0.3) is 0 Å². The number of anilines is 1. The number of ether oxygens (including phenoxy) is 1. The number of carbonyl (C=O) groups is 3. The lowest BCUT2D eigenvalue weighted by Gasteiger charge is -2.08. The Bertz CT molecular complexity index is 817. The van der Waals surface area contributed by atoms with Gasteiger partial charge in [-0.15, -0.1) is 11.3 Å². The lowest BCUT2D eigenvalue weighted by atomic mass is 10.0. The van der Waals surface area contributed by atoms with Gasteiger partial charge in [-0.25, -0.2) is 4.79 Å². The highest BCUT2D eigenvalue weighted by molar-refractivity contribution is 7.15. The number of thiophene rings is 1. The number of hydrogen-bond acceptors (Lipinski definition) is 5. The van der Waals surface area contributed by atoms with Crippen molar-refractivity contribution in [2.24, 2.45) is 0 Å². The third-order valence-corrected chi connectivity index (χ3v) is 4.04. The molecule has 130 valence electrons. The van der Waals surface area contributed by atoms with Crippen molar-refractivity contribution in [2.75, 3.05) is 11.9 Å². The number of hydrogen-bond donors (Lipinski definition) is 1. The van der Waals surface area contributed by atoms with Gasteiger partial charge in [-0.05, 0) is 26.3 Å². The minimum absolute atomic E-state index is 0.250. The molecule has 2 aromatic rings. The zero-order valence-electron chi connectivity index (χ0n) is 14.3. The van der Waals surface area contributed by atoms with E-state index < -0.39 is 5.97 Å². The molecule has 0 unspecified atom stereocenters. The summed E-state index contributed by atoms with van der Waals surface area (Å²) in [6.45, 7) is 4.66. The first-order chi connectivity index (χ1) is 11.9. The highest BCUT2D eigenvalue weighted by Gasteiger charge is 2.23. The van der Waals surface area contributed by atoms with E-state index in [1.54, 1.807) is 5.38 Å². The number of Topliss-reactive ketones (excluding diaryl/α,β-unsaturated/α-hetero) is 1. The van der Waals surface area contributed by atoms with Gasteiger partial charge in [0.05, 0.1) is 0 Å². The van der Waals surface area contributed by atoms with Crippen molar-refractivity contribution in [3.8, 4) is 11.1 Å². The molecule has 1 aromatic heterocycles. The number of benzene rings is 1. The lowest BCUT2D eigenvalue weighted by Crippen LogP contribution is -2.15. The van der Waals surface area contributed by atoms with Gasteiger partial charge in [-0.1, -0.05) is 35.9 Å². The molecule has 1 aromatic carbocycles. The second-order valence-electron chi connectivity index (χ2n) is 5.71. The minimum Gasteiger partial charge on any atom is -0.454 e. The van der Waals surface area contributed by atoms with Crippen molar-refractivity contribution in [1.29, 1.82) is 0 Å². The SMILES string of the molecule is CC(=O)COC(=O)c1c(-c2ccccc2)csc1NC(=O)C=C(C)C. The molecule has 5 nitrogen and oxygen atoms in total. The first kappa shape index (κ1) is 18.6. The van der Waals surface area contributed by atoms with Crippen molar-refractivity contribution in [1.82, 2.24) is 0 Å². The van der Waals surface area contributed by atoms with E-state index >= 15 is 0 Å². The van der Waals surface area contributed by atoms with E-state index in [-0.39, 0.29) is 23.9 Å². The molecule has 0 aliphatic rings. The molecule has 0 spiro atoms. The number of nitrogens with one attached hydrogen (secondary N) is 1. The summed E-state index contributed by atoms with van der Waals surface area (Å²) in [5.41, 5.74) is 2.59. The maximum atomic E-state index is 12.5. The van der Waals surface area contributed by atoms with E-state index in [9.17, 15) is 14.4 Å². The molecule has 0 saturated carbocycles. The number of carbonyl (C=O) groups excluding carboxylic acids is 3. The van der Waals surface area contributed by atoms with E-state index in [0.717, 1.165) is 11.1 Å². The Morgan fingerprint density at radius 3 is 2.40 bits per heavy atom. The fourth-order valence-electron chi connectivity index (χ4n) is 2.13.